The van der Waals surface area contributed by atoms with Crippen molar-refractivity contribution in [3.8, 4) is 11.1 Å². The fourth-order valence-corrected chi connectivity index (χ4v) is 2.60. The third kappa shape index (κ3) is 2.26. The molecule has 0 atom stereocenters. The first kappa shape index (κ1) is 12.0. The minimum Gasteiger partial charge on any atom is -0.478 e. The Bertz CT molecular complexity index is 595. The van der Waals surface area contributed by atoms with Crippen molar-refractivity contribution in [1.82, 2.24) is 0 Å². The van der Waals surface area contributed by atoms with E-state index in [2.05, 4.69) is 12.1 Å². The lowest BCUT2D eigenvalue weighted by molar-refractivity contribution is 0.0697. The van der Waals surface area contributed by atoms with Gasteiger partial charge in [0.15, 0.2) is 0 Å². The summed E-state index contributed by atoms with van der Waals surface area (Å²) in [5.74, 6) is -0.164. The quantitative estimate of drug-likeness (QED) is 0.883. The lowest BCUT2D eigenvalue weighted by atomic mass is 9.80. The Kier molecular flexibility index (Phi) is 3.08. The number of carboxylic acids is 1. The molecule has 2 aromatic carbocycles. The zero-order valence-corrected chi connectivity index (χ0v) is 10.7. The van der Waals surface area contributed by atoms with Crippen LogP contribution in [0.15, 0.2) is 48.5 Å². The molecular weight excluding hydrogens is 236 g/mol. The van der Waals surface area contributed by atoms with Gasteiger partial charge in [0.05, 0.1) is 5.56 Å². The number of hydrogen-bond acceptors (Lipinski definition) is 1. The molecule has 2 nitrogen and oxygen atoms in total. The van der Waals surface area contributed by atoms with Crippen molar-refractivity contribution >= 4 is 5.97 Å². The number of carbonyl (C=O) groups is 1. The van der Waals surface area contributed by atoms with Gasteiger partial charge in [0, 0.05) is 0 Å². The molecule has 0 amide bonds. The van der Waals surface area contributed by atoms with E-state index in [1.807, 2.05) is 24.3 Å². The Morgan fingerprint density at radius 3 is 2.26 bits per heavy atom. The van der Waals surface area contributed by atoms with Gasteiger partial charge in [0.2, 0.25) is 0 Å². The Hall–Kier alpha value is -2.09. The lowest BCUT2D eigenvalue weighted by Gasteiger charge is -2.25. The van der Waals surface area contributed by atoms with Crippen LogP contribution in [0.2, 0.25) is 0 Å². The van der Waals surface area contributed by atoms with Crippen LogP contribution in [-0.4, -0.2) is 11.1 Å². The SMILES string of the molecule is O=C(O)c1ccccc1-c1ccc(C2CCC2)cc1. The molecule has 1 N–H and O–H groups in total. The van der Waals surface area contributed by atoms with E-state index in [1.54, 1.807) is 12.1 Å². The molecule has 1 saturated carbocycles. The van der Waals surface area contributed by atoms with Gasteiger partial charge in [-0.2, -0.15) is 0 Å². The van der Waals surface area contributed by atoms with Gasteiger partial charge in [-0.1, -0.05) is 48.9 Å². The normalized spacial score (nSPS) is 14.9. The second-order valence-electron chi connectivity index (χ2n) is 5.10. The van der Waals surface area contributed by atoms with E-state index >= 15 is 0 Å². The molecule has 1 fully saturated rings. The summed E-state index contributed by atoms with van der Waals surface area (Å²) >= 11 is 0. The Morgan fingerprint density at radius 2 is 1.68 bits per heavy atom. The van der Waals surface area contributed by atoms with Gasteiger partial charge in [0.1, 0.15) is 0 Å². The third-order valence-corrected chi connectivity index (χ3v) is 3.96. The monoisotopic (exact) mass is 252 g/mol. The summed E-state index contributed by atoms with van der Waals surface area (Å²) in [4.78, 5) is 11.2. The van der Waals surface area contributed by atoms with E-state index < -0.39 is 5.97 Å². The van der Waals surface area contributed by atoms with Crippen LogP contribution >= 0.6 is 0 Å². The van der Waals surface area contributed by atoms with E-state index in [1.165, 1.54) is 24.8 Å². The van der Waals surface area contributed by atoms with Crippen LogP contribution in [0.25, 0.3) is 11.1 Å². The molecule has 0 aromatic heterocycles. The minimum absolute atomic E-state index is 0.360. The minimum atomic E-state index is -0.876. The maximum absolute atomic E-state index is 11.2. The predicted octanol–water partition coefficient (Wildman–Crippen LogP) is 4.32. The van der Waals surface area contributed by atoms with Crippen molar-refractivity contribution < 1.29 is 9.90 Å². The molecule has 1 aliphatic carbocycles. The molecule has 2 heteroatoms. The first-order chi connectivity index (χ1) is 9.25. The largest absolute Gasteiger partial charge is 0.478 e. The second kappa shape index (κ2) is 4.88. The molecule has 0 aliphatic heterocycles. The molecule has 96 valence electrons. The maximum Gasteiger partial charge on any atom is 0.336 e. The van der Waals surface area contributed by atoms with E-state index in [0.717, 1.165) is 11.1 Å². The molecule has 3 rings (SSSR count). The highest BCUT2D eigenvalue weighted by Gasteiger charge is 2.19. The lowest BCUT2D eigenvalue weighted by Crippen LogP contribution is -2.08. The van der Waals surface area contributed by atoms with Crippen molar-refractivity contribution in [3.05, 3.63) is 59.7 Å². The standard InChI is InChI=1S/C17H16O2/c18-17(19)16-7-2-1-6-15(16)14-10-8-13(9-11-14)12-4-3-5-12/h1-2,6-12H,3-5H2,(H,18,19). The fraction of sp³-hybridized carbons (Fsp3) is 0.235. The first-order valence-corrected chi connectivity index (χ1v) is 6.68. The highest BCUT2D eigenvalue weighted by molar-refractivity contribution is 5.95. The summed E-state index contributed by atoms with van der Waals surface area (Å²) in [6, 6.07) is 15.5. The fourth-order valence-electron chi connectivity index (χ4n) is 2.60. The number of carboxylic acid groups (broad SMARTS) is 1. The summed E-state index contributed by atoms with van der Waals surface area (Å²) in [7, 11) is 0. The van der Waals surface area contributed by atoms with Gasteiger partial charge in [0.25, 0.3) is 0 Å². The molecule has 19 heavy (non-hydrogen) atoms. The van der Waals surface area contributed by atoms with E-state index in [9.17, 15) is 9.90 Å². The smallest absolute Gasteiger partial charge is 0.336 e. The van der Waals surface area contributed by atoms with E-state index in [0.29, 0.717) is 11.5 Å². The highest BCUT2D eigenvalue weighted by Crippen LogP contribution is 2.37. The van der Waals surface area contributed by atoms with Crippen molar-refractivity contribution in [2.45, 2.75) is 25.2 Å². The van der Waals surface area contributed by atoms with Crippen LogP contribution in [0, 0.1) is 0 Å². The molecular formula is C17H16O2. The summed E-state index contributed by atoms with van der Waals surface area (Å²) < 4.78 is 0. The maximum atomic E-state index is 11.2. The molecule has 0 radical (unpaired) electrons. The second-order valence-corrected chi connectivity index (χ2v) is 5.10. The summed E-state index contributed by atoms with van der Waals surface area (Å²) in [6.45, 7) is 0. The van der Waals surface area contributed by atoms with Gasteiger partial charge in [-0.15, -0.1) is 0 Å². The van der Waals surface area contributed by atoms with Gasteiger partial charge < -0.3 is 5.11 Å². The highest BCUT2D eigenvalue weighted by atomic mass is 16.4. The van der Waals surface area contributed by atoms with E-state index in [-0.39, 0.29) is 0 Å². The molecule has 0 heterocycles. The molecule has 0 spiro atoms. The summed E-state index contributed by atoms with van der Waals surface area (Å²) in [5.41, 5.74) is 3.50. The molecule has 1 aliphatic rings. The molecule has 0 unspecified atom stereocenters. The van der Waals surface area contributed by atoms with Crippen molar-refractivity contribution in [3.63, 3.8) is 0 Å². The first-order valence-electron chi connectivity index (χ1n) is 6.68. The van der Waals surface area contributed by atoms with Crippen molar-refractivity contribution in [2.75, 3.05) is 0 Å². The number of hydrogen-bond donors (Lipinski definition) is 1. The van der Waals surface area contributed by atoms with Crippen molar-refractivity contribution in [1.29, 1.82) is 0 Å². The zero-order chi connectivity index (χ0) is 13.2. The van der Waals surface area contributed by atoms with Crippen LogP contribution in [0.4, 0.5) is 0 Å². The van der Waals surface area contributed by atoms with Crippen LogP contribution in [-0.2, 0) is 0 Å². The van der Waals surface area contributed by atoms with Gasteiger partial charge in [-0.3, -0.25) is 0 Å². The average molecular weight is 252 g/mol. The number of benzene rings is 2. The molecule has 0 saturated heterocycles. The van der Waals surface area contributed by atoms with Crippen LogP contribution < -0.4 is 0 Å². The van der Waals surface area contributed by atoms with Crippen LogP contribution in [0.5, 0.6) is 0 Å². The van der Waals surface area contributed by atoms with Crippen LogP contribution in [0.1, 0.15) is 41.1 Å². The van der Waals surface area contributed by atoms with Crippen molar-refractivity contribution in [2.24, 2.45) is 0 Å². The molecule has 0 bridgehead atoms. The summed E-state index contributed by atoms with van der Waals surface area (Å²) in [6.07, 6.45) is 3.89. The Balaban J connectivity index is 1.95. The average Bonchev–Trinajstić information content (AvgIpc) is 2.37. The Labute approximate surface area is 112 Å². The predicted molar refractivity (Wildman–Crippen MR) is 75.4 cm³/mol. The van der Waals surface area contributed by atoms with Gasteiger partial charge in [-0.05, 0) is 41.5 Å². The summed E-state index contributed by atoms with van der Waals surface area (Å²) in [5, 5.41) is 9.22. The number of aromatic carboxylic acids is 1. The number of rotatable bonds is 3. The van der Waals surface area contributed by atoms with Gasteiger partial charge in [-0.25, -0.2) is 4.79 Å². The molecule has 2 aromatic rings. The van der Waals surface area contributed by atoms with Crippen LogP contribution in [0.3, 0.4) is 0 Å². The van der Waals surface area contributed by atoms with Gasteiger partial charge >= 0.3 is 5.97 Å². The zero-order valence-electron chi connectivity index (χ0n) is 10.7. The topological polar surface area (TPSA) is 37.3 Å². The van der Waals surface area contributed by atoms with E-state index in [4.69, 9.17) is 0 Å². The third-order valence-electron chi connectivity index (χ3n) is 3.96. The Morgan fingerprint density at radius 1 is 1.00 bits per heavy atom.